The number of rotatable bonds is 5. The Morgan fingerprint density at radius 1 is 1.47 bits per heavy atom. The molecule has 0 saturated carbocycles. The second kappa shape index (κ2) is 7.08. The summed E-state index contributed by atoms with van der Waals surface area (Å²) in [5, 5.41) is 3.35. The Morgan fingerprint density at radius 2 is 2.32 bits per heavy atom. The van der Waals surface area contributed by atoms with E-state index in [1.807, 2.05) is 6.92 Å². The molecule has 0 spiro atoms. The molecule has 1 aromatic heterocycles. The summed E-state index contributed by atoms with van der Waals surface area (Å²) >= 11 is 0. The van der Waals surface area contributed by atoms with E-state index in [1.54, 1.807) is 0 Å². The summed E-state index contributed by atoms with van der Waals surface area (Å²) in [5.41, 5.74) is 1.27. The maximum Gasteiger partial charge on any atom is 0.118 e. The minimum Gasteiger partial charge on any atom is -0.465 e. The van der Waals surface area contributed by atoms with Crippen LogP contribution in [0.5, 0.6) is 0 Å². The van der Waals surface area contributed by atoms with Gasteiger partial charge in [0.05, 0.1) is 12.6 Å². The molecule has 1 aliphatic heterocycles. The third kappa shape index (κ3) is 4.34. The van der Waals surface area contributed by atoms with E-state index in [9.17, 15) is 0 Å². The molecule has 1 atom stereocenters. The van der Waals surface area contributed by atoms with Crippen molar-refractivity contribution in [1.82, 2.24) is 10.2 Å². The fourth-order valence-electron chi connectivity index (χ4n) is 2.54. The second-order valence-electron chi connectivity index (χ2n) is 5.34. The Balaban J connectivity index is 1.94. The molecule has 0 amide bonds. The molecular formula is C15H26N2O2. The molecule has 4 nitrogen and oxygen atoms in total. The van der Waals surface area contributed by atoms with E-state index in [0.717, 1.165) is 57.3 Å². The summed E-state index contributed by atoms with van der Waals surface area (Å²) in [7, 11) is 0. The molecule has 1 saturated heterocycles. The van der Waals surface area contributed by atoms with E-state index in [4.69, 9.17) is 9.15 Å². The maximum absolute atomic E-state index is 5.87. The van der Waals surface area contributed by atoms with E-state index in [2.05, 4.69) is 30.1 Å². The molecule has 2 rings (SSSR count). The molecule has 19 heavy (non-hydrogen) atoms. The zero-order chi connectivity index (χ0) is 13.7. The third-order valence-electron chi connectivity index (χ3n) is 3.55. The van der Waals surface area contributed by atoms with Crippen molar-refractivity contribution in [1.29, 1.82) is 0 Å². The SMILES string of the molecule is CCNCc1cc(CN2CCCOC(C)C2)oc1C. The van der Waals surface area contributed by atoms with Gasteiger partial charge in [-0.1, -0.05) is 6.92 Å². The maximum atomic E-state index is 5.87. The van der Waals surface area contributed by atoms with Crippen LogP contribution in [0.1, 0.15) is 37.4 Å². The predicted molar refractivity (Wildman–Crippen MR) is 76.1 cm³/mol. The highest BCUT2D eigenvalue weighted by Gasteiger charge is 2.17. The van der Waals surface area contributed by atoms with Crippen LogP contribution in [-0.2, 0) is 17.8 Å². The lowest BCUT2D eigenvalue weighted by Crippen LogP contribution is -2.29. The first-order chi connectivity index (χ1) is 9.19. The van der Waals surface area contributed by atoms with Gasteiger partial charge in [0.1, 0.15) is 11.5 Å². The highest BCUT2D eigenvalue weighted by Crippen LogP contribution is 2.17. The summed E-state index contributed by atoms with van der Waals surface area (Å²) in [5.74, 6) is 2.11. The summed E-state index contributed by atoms with van der Waals surface area (Å²) < 4.78 is 11.5. The number of hydrogen-bond donors (Lipinski definition) is 1. The summed E-state index contributed by atoms with van der Waals surface area (Å²) in [6.45, 7) is 12.0. The molecule has 0 bridgehead atoms. The van der Waals surface area contributed by atoms with Gasteiger partial charge in [0.15, 0.2) is 0 Å². The molecule has 108 valence electrons. The second-order valence-corrected chi connectivity index (χ2v) is 5.34. The molecule has 2 heterocycles. The average Bonchev–Trinajstić information content (AvgIpc) is 2.57. The van der Waals surface area contributed by atoms with Gasteiger partial charge < -0.3 is 14.5 Å². The monoisotopic (exact) mass is 266 g/mol. The summed E-state index contributed by atoms with van der Waals surface area (Å²) in [6.07, 6.45) is 1.42. The lowest BCUT2D eigenvalue weighted by Gasteiger charge is -2.20. The molecule has 0 aromatic carbocycles. The van der Waals surface area contributed by atoms with E-state index in [-0.39, 0.29) is 0 Å². The predicted octanol–water partition coefficient (Wildman–Crippen LogP) is 2.31. The topological polar surface area (TPSA) is 37.6 Å². The van der Waals surface area contributed by atoms with E-state index in [1.165, 1.54) is 5.56 Å². The lowest BCUT2D eigenvalue weighted by molar-refractivity contribution is 0.0658. The smallest absolute Gasteiger partial charge is 0.118 e. The number of hydrogen-bond acceptors (Lipinski definition) is 4. The Morgan fingerprint density at radius 3 is 3.11 bits per heavy atom. The highest BCUT2D eigenvalue weighted by molar-refractivity contribution is 5.20. The molecule has 0 aliphatic carbocycles. The molecule has 1 fully saturated rings. The normalized spacial score (nSPS) is 21.5. The molecule has 0 radical (unpaired) electrons. The highest BCUT2D eigenvalue weighted by atomic mass is 16.5. The molecule has 4 heteroatoms. The molecule has 1 aliphatic rings. The number of nitrogens with one attached hydrogen (secondary N) is 1. The standard InChI is InChI=1S/C15H26N2O2/c1-4-16-9-14-8-15(19-13(14)3)11-17-6-5-7-18-12(2)10-17/h8,12,16H,4-7,9-11H2,1-3H3. The van der Waals surface area contributed by atoms with Crippen LogP contribution in [0.3, 0.4) is 0 Å². The zero-order valence-corrected chi connectivity index (χ0v) is 12.4. The van der Waals surface area contributed by atoms with Crippen molar-refractivity contribution in [3.8, 4) is 0 Å². The zero-order valence-electron chi connectivity index (χ0n) is 12.4. The van der Waals surface area contributed by atoms with Crippen molar-refractivity contribution >= 4 is 0 Å². The van der Waals surface area contributed by atoms with Crippen LogP contribution in [0.15, 0.2) is 10.5 Å². The van der Waals surface area contributed by atoms with Gasteiger partial charge in [-0.05, 0) is 32.9 Å². The van der Waals surface area contributed by atoms with Crippen molar-refractivity contribution in [3.05, 3.63) is 23.2 Å². The minimum absolute atomic E-state index is 0.319. The van der Waals surface area contributed by atoms with Gasteiger partial charge in [0.2, 0.25) is 0 Å². The number of ether oxygens (including phenoxy) is 1. The van der Waals surface area contributed by atoms with Gasteiger partial charge in [-0.15, -0.1) is 0 Å². The summed E-state index contributed by atoms with van der Waals surface area (Å²) in [6, 6.07) is 2.19. The van der Waals surface area contributed by atoms with Crippen molar-refractivity contribution in [2.45, 2.75) is 46.4 Å². The quantitative estimate of drug-likeness (QED) is 0.887. The van der Waals surface area contributed by atoms with Gasteiger partial charge in [0, 0.05) is 31.8 Å². The molecule has 1 unspecified atom stereocenters. The molecule has 1 N–H and O–H groups in total. The van der Waals surface area contributed by atoms with E-state index in [0.29, 0.717) is 6.10 Å². The van der Waals surface area contributed by atoms with Crippen LogP contribution in [0, 0.1) is 6.92 Å². The number of nitrogens with zero attached hydrogens (tertiary/aromatic N) is 1. The van der Waals surface area contributed by atoms with Crippen LogP contribution in [0.25, 0.3) is 0 Å². The van der Waals surface area contributed by atoms with Gasteiger partial charge in [-0.2, -0.15) is 0 Å². The Bertz CT molecular complexity index is 389. The van der Waals surface area contributed by atoms with Gasteiger partial charge >= 0.3 is 0 Å². The van der Waals surface area contributed by atoms with Crippen LogP contribution in [0.4, 0.5) is 0 Å². The van der Waals surface area contributed by atoms with E-state index >= 15 is 0 Å². The number of aryl methyl sites for hydroxylation is 1. The largest absolute Gasteiger partial charge is 0.465 e. The number of furan rings is 1. The van der Waals surface area contributed by atoms with Crippen molar-refractivity contribution < 1.29 is 9.15 Å². The Labute approximate surface area is 116 Å². The first-order valence-corrected chi connectivity index (χ1v) is 7.32. The van der Waals surface area contributed by atoms with Gasteiger partial charge in [0.25, 0.3) is 0 Å². The van der Waals surface area contributed by atoms with Crippen molar-refractivity contribution in [3.63, 3.8) is 0 Å². The van der Waals surface area contributed by atoms with Crippen LogP contribution >= 0.6 is 0 Å². The minimum atomic E-state index is 0.319. The summed E-state index contributed by atoms with van der Waals surface area (Å²) in [4.78, 5) is 2.42. The lowest BCUT2D eigenvalue weighted by atomic mass is 10.2. The van der Waals surface area contributed by atoms with Crippen LogP contribution in [0.2, 0.25) is 0 Å². The van der Waals surface area contributed by atoms with Crippen LogP contribution in [-0.4, -0.2) is 37.2 Å². The third-order valence-corrected chi connectivity index (χ3v) is 3.55. The van der Waals surface area contributed by atoms with Crippen LogP contribution < -0.4 is 5.32 Å². The van der Waals surface area contributed by atoms with Crippen molar-refractivity contribution in [2.75, 3.05) is 26.2 Å². The van der Waals surface area contributed by atoms with Gasteiger partial charge in [-0.3, -0.25) is 4.90 Å². The first kappa shape index (κ1) is 14.6. The Hall–Kier alpha value is -0.840. The average molecular weight is 266 g/mol. The first-order valence-electron chi connectivity index (χ1n) is 7.32. The molecule has 1 aromatic rings. The molecular weight excluding hydrogens is 240 g/mol. The van der Waals surface area contributed by atoms with Crippen molar-refractivity contribution in [2.24, 2.45) is 0 Å². The Kier molecular flexibility index (Phi) is 5.43. The van der Waals surface area contributed by atoms with E-state index < -0.39 is 0 Å². The fraction of sp³-hybridized carbons (Fsp3) is 0.733. The van der Waals surface area contributed by atoms with Gasteiger partial charge in [-0.25, -0.2) is 0 Å². The fourth-order valence-corrected chi connectivity index (χ4v) is 2.54.